The van der Waals surface area contributed by atoms with Crippen molar-refractivity contribution in [1.29, 1.82) is 0 Å². The molecule has 12 heteroatoms. The molecule has 1 aromatic carbocycles. The lowest BCUT2D eigenvalue weighted by atomic mass is 10.1. The van der Waals surface area contributed by atoms with Gasteiger partial charge in [-0.15, -0.1) is 0 Å². The van der Waals surface area contributed by atoms with Crippen LogP contribution < -0.4 is 27.9 Å². The van der Waals surface area contributed by atoms with E-state index in [9.17, 15) is 18.0 Å². The molecule has 3 rings (SSSR count). The fraction of sp³-hybridized carbons (Fsp3) is 0.0625. The Morgan fingerprint density at radius 1 is 1.04 bits per heavy atom. The van der Waals surface area contributed by atoms with E-state index in [2.05, 4.69) is 27.0 Å². The molecule has 0 bridgehead atoms. The topological polar surface area (TPSA) is 144 Å². The second-order valence-corrected chi connectivity index (χ2v) is 5.09. The summed E-state index contributed by atoms with van der Waals surface area (Å²) >= 11 is 0. The summed E-state index contributed by atoms with van der Waals surface area (Å²) < 4.78 is 43.0. The molecule has 2 heterocycles. The van der Waals surface area contributed by atoms with E-state index in [4.69, 9.17) is 4.42 Å². The summed E-state index contributed by atoms with van der Waals surface area (Å²) in [6.07, 6.45) is 0.324. The van der Waals surface area contributed by atoms with E-state index in [0.29, 0.717) is 17.0 Å². The number of aromatic nitrogens is 2. The highest BCUT2D eigenvalue weighted by Crippen LogP contribution is 2.31. The number of rotatable bonds is 3. The molecular weight excluding hydrogens is 379 g/mol. The second-order valence-electron chi connectivity index (χ2n) is 5.09. The molecule has 0 atom stereocenters. The zero-order valence-electron chi connectivity index (χ0n) is 14.2. The van der Waals surface area contributed by atoms with Crippen LogP contribution in [0.2, 0.25) is 0 Å². The number of amides is 2. The van der Waals surface area contributed by atoms with Gasteiger partial charge in [0.15, 0.2) is 5.76 Å². The minimum absolute atomic E-state index is 0.239. The number of nitrogens with one attached hydrogen (secondary N) is 3. The zero-order valence-corrected chi connectivity index (χ0v) is 14.2. The molecule has 0 aliphatic rings. The van der Waals surface area contributed by atoms with Crippen LogP contribution in [0.25, 0.3) is 11.3 Å². The molecule has 0 spiro atoms. The third-order valence-electron chi connectivity index (χ3n) is 3.18. The van der Waals surface area contributed by atoms with Gasteiger partial charge in [-0.25, -0.2) is 21.5 Å². The number of hydrogen-bond acceptors (Lipinski definition) is 7. The number of pyridine rings is 1. The number of hydrazine groups is 2. The minimum atomic E-state index is -4.35. The Kier molecular flexibility index (Phi) is 6.90. The molecule has 28 heavy (non-hydrogen) atoms. The average Bonchev–Trinajstić information content (AvgIpc) is 3.16. The highest BCUT2D eigenvalue weighted by Gasteiger charge is 2.30. The fourth-order valence-corrected chi connectivity index (χ4v) is 1.89. The van der Waals surface area contributed by atoms with Gasteiger partial charge in [-0.1, -0.05) is 12.1 Å². The van der Waals surface area contributed by atoms with E-state index >= 15 is 0 Å². The zero-order chi connectivity index (χ0) is 20.6. The van der Waals surface area contributed by atoms with Gasteiger partial charge in [0.1, 0.15) is 0 Å². The first-order valence-corrected chi connectivity index (χ1v) is 7.61. The van der Waals surface area contributed by atoms with E-state index < -0.39 is 17.8 Å². The van der Waals surface area contributed by atoms with Crippen LogP contribution in [0.4, 0.5) is 29.7 Å². The van der Waals surface area contributed by atoms with E-state index in [1.54, 1.807) is 35.4 Å². The van der Waals surface area contributed by atoms with Crippen molar-refractivity contribution in [2.75, 3.05) is 5.32 Å². The lowest BCUT2D eigenvalue weighted by Crippen LogP contribution is -2.43. The molecular formula is C16H16F3N7O2. The molecule has 0 radical (unpaired) electrons. The molecule has 3 aromatic rings. The van der Waals surface area contributed by atoms with Crippen molar-refractivity contribution in [2.45, 2.75) is 6.18 Å². The molecule has 148 valence electrons. The Balaban J connectivity index is 0.000000409. The van der Waals surface area contributed by atoms with Gasteiger partial charge >= 0.3 is 12.2 Å². The number of carbonyl (C=O) groups is 1. The molecule has 0 saturated heterocycles. The van der Waals surface area contributed by atoms with Gasteiger partial charge in [0, 0.05) is 11.8 Å². The summed E-state index contributed by atoms with van der Waals surface area (Å²) in [6.45, 7) is 0. The Morgan fingerprint density at radius 2 is 1.71 bits per heavy atom. The summed E-state index contributed by atoms with van der Waals surface area (Å²) in [5.41, 5.74) is 3.99. The number of hydrogen-bond donors (Lipinski definition) is 5. The van der Waals surface area contributed by atoms with Crippen LogP contribution in [0.1, 0.15) is 5.56 Å². The number of carbonyl (C=O) groups excluding carboxylic acids is 1. The summed E-state index contributed by atoms with van der Waals surface area (Å²) in [5.74, 6) is 9.46. The molecule has 2 aromatic heterocycles. The first kappa shape index (κ1) is 20.7. The number of benzene rings is 1. The summed E-state index contributed by atoms with van der Waals surface area (Å²) in [5, 5.41) is 2.91. The lowest BCUT2D eigenvalue weighted by molar-refractivity contribution is -0.137. The Morgan fingerprint density at radius 3 is 2.21 bits per heavy atom. The van der Waals surface area contributed by atoms with E-state index in [-0.39, 0.29) is 6.01 Å². The maximum Gasteiger partial charge on any atom is 0.416 e. The maximum absolute atomic E-state index is 12.5. The minimum Gasteiger partial charge on any atom is -0.423 e. The van der Waals surface area contributed by atoms with Crippen LogP contribution in [-0.4, -0.2) is 16.0 Å². The number of urea groups is 1. The molecule has 0 fully saturated rings. The number of nitrogens with two attached hydrogens (primary N) is 2. The number of alkyl halides is 3. The number of nitrogens with zero attached hydrogens (tertiary/aromatic N) is 2. The van der Waals surface area contributed by atoms with Crippen LogP contribution in [0.15, 0.2) is 59.4 Å². The van der Waals surface area contributed by atoms with Crippen molar-refractivity contribution in [3.8, 4) is 11.3 Å². The normalized spacial score (nSPS) is 10.5. The second kappa shape index (κ2) is 9.34. The van der Waals surface area contributed by atoms with E-state index in [0.717, 1.165) is 12.1 Å². The van der Waals surface area contributed by atoms with Crippen LogP contribution in [-0.2, 0) is 6.18 Å². The molecule has 2 amide bonds. The van der Waals surface area contributed by atoms with Gasteiger partial charge in [0.2, 0.25) is 0 Å². The predicted octanol–water partition coefficient (Wildman–Crippen LogP) is 2.53. The summed E-state index contributed by atoms with van der Waals surface area (Å²) in [7, 11) is 0. The first-order chi connectivity index (χ1) is 13.3. The van der Waals surface area contributed by atoms with E-state index in [1.165, 1.54) is 18.3 Å². The van der Waals surface area contributed by atoms with Gasteiger partial charge in [0.25, 0.3) is 6.01 Å². The van der Waals surface area contributed by atoms with Crippen molar-refractivity contribution in [3.05, 3.63) is 60.6 Å². The van der Waals surface area contributed by atoms with Crippen LogP contribution >= 0.6 is 0 Å². The maximum atomic E-state index is 12.5. The van der Waals surface area contributed by atoms with Crippen molar-refractivity contribution >= 4 is 17.7 Å². The van der Waals surface area contributed by atoms with Gasteiger partial charge in [-0.3, -0.25) is 15.8 Å². The lowest BCUT2D eigenvalue weighted by Gasteiger charge is -2.06. The van der Waals surface area contributed by atoms with Crippen molar-refractivity contribution in [3.63, 3.8) is 0 Å². The summed E-state index contributed by atoms with van der Waals surface area (Å²) in [6, 6.07) is 7.88. The number of oxazole rings is 1. The molecule has 0 aliphatic heterocycles. The largest absolute Gasteiger partial charge is 0.423 e. The Bertz CT molecular complexity index is 877. The summed E-state index contributed by atoms with van der Waals surface area (Å²) in [4.78, 5) is 17.7. The molecule has 7 N–H and O–H groups in total. The van der Waals surface area contributed by atoms with Gasteiger partial charge in [0.05, 0.1) is 23.6 Å². The van der Waals surface area contributed by atoms with Crippen molar-refractivity contribution < 1.29 is 22.4 Å². The molecule has 9 nitrogen and oxygen atoms in total. The van der Waals surface area contributed by atoms with Crippen LogP contribution in [0.5, 0.6) is 0 Å². The van der Waals surface area contributed by atoms with Crippen molar-refractivity contribution in [2.24, 2.45) is 11.7 Å². The Labute approximate surface area is 156 Å². The van der Waals surface area contributed by atoms with Crippen LogP contribution in [0, 0.1) is 0 Å². The monoisotopic (exact) mass is 395 g/mol. The van der Waals surface area contributed by atoms with Gasteiger partial charge in [-0.2, -0.15) is 13.2 Å². The standard InChI is InChI=1S/C15H10F3N3O.CH6N4O/c16-15(17,18)11-5-3-10(4-6-11)13-9-20-14(22-13)21-12-2-1-7-19-8-12;2-4-1(6)5-3/h1-9H,(H,20,21);2-3H2,(H2,4,5,6). The SMILES string of the molecule is FC(F)(F)c1ccc(-c2cnc(Nc3cccnc3)o2)cc1.NNC(=O)NN. The average molecular weight is 395 g/mol. The van der Waals surface area contributed by atoms with Crippen LogP contribution in [0.3, 0.4) is 0 Å². The van der Waals surface area contributed by atoms with Crippen molar-refractivity contribution in [1.82, 2.24) is 20.8 Å². The fourth-order valence-electron chi connectivity index (χ4n) is 1.89. The third kappa shape index (κ3) is 5.96. The first-order valence-electron chi connectivity index (χ1n) is 7.61. The number of halogens is 3. The van der Waals surface area contributed by atoms with Gasteiger partial charge < -0.3 is 9.73 Å². The van der Waals surface area contributed by atoms with Gasteiger partial charge in [-0.05, 0) is 24.3 Å². The highest BCUT2D eigenvalue weighted by atomic mass is 19.4. The quantitative estimate of drug-likeness (QED) is 0.260. The van der Waals surface area contributed by atoms with E-state index in [1.807, 2.05) is 0 Å². The third-order valence-corrected chi connectivity index (χ3v) is 3.18. The number of anilines is 2. The Hall–Kier alpha value is -3.64. The smallest absolute Gasteiger partial charge is 0.416 e. The highest BCUT2D eigenvalue weighted by molar-refractivity contribution is 5.72. The molecule has 0 saturated carbocycles. The molecule has 0 unspecified atom stereocenters. The predicted molar refractivity (Wildman–Crippen MR) is 94.5 cm³/mol. The molecule has 0 aliphatic carbocycles.